The topological polar surface area (TPSA) is 12.0 Å². The van der Waals surface area contributed by atoms with Crippen LogP contribution in [0.25, 0.3) is 0 Å². The minimum atomic E-state index is 0.0389. The van der Waals surface area contributed by atoms with Crippen LogP contribution in [0.5, 0.6) is 0 Å². The molecular weight excluding hydrogens is 213 g/mol. The van der Waals surface area contributed by atoms with E-state index in [9.17, 15) is 4.39 Å². The van der Waals surface area contributed by atoms with Crippen LogP contribution < -0.4 is 5.32 Å². The Labute approximate surface area is 103 Å². The summed E-state index contributed by atoms with van der Waals surface area (Å²) in [5, 5.41) is 3.35. The summed E-state index contributed by atoms with van der Waals surface area (Å²) in [5.41, 5.74) is 4.40. The van der Waals surface area contributed by atoms with Crippen molar-refractivity contribution in [3.63, 3.8) is 0 Å². The maximum absolute atomic E-state index is 14.3. The summed E-state index contributed by atoms with van der Waals surface area (Å²) >= 11 is 0. The Hall–Kier alpha value is -0.890. The van der Waals surface area contributed by atoms with Gasteiger partial charge in [0.25, 0.3) is 0 Å². The van der Waals surface area contributed by atoms with E-state index in [-0.39, 0.29) is 11.2 Å². The molecule has 1 nitrogen and oxygen atoms in total. The summed E-state index contributed by atoms with van der Waals surface area (Å²) in [6.07, 6.45) is 1.59. The second-order valence-corrected chi connectivity index (χ2v) is 5.88. The van der Waals surface area contributed by atoms with Crippen molar-refractivity contribution in [1.82, 2.24) is 5.32 Å². The number of benzene rings is 1. The minimum absolute atomic E-state index is 0.0389. The van der Waals surface area contributed by atoms with Crippen LogP contribution in [-0.4, -0.2) is 6.54 Å². The Balaban J connectivity index is 2.67. The van der Waals surface area contributed by atoms with Crippen molar-refractivity contribution in [2.75, 3.05) is 6.54 Å². The number of hydrogen-bond acceptors (Lipinski definition) is 1. The standard InChI is InChI=1S/C15H22FN/c1-5-10-8-13(15(2,3)4)12-9-17-7-6-11(12)14(10)16/h8,17H,5-7,9H2,1-4H3. The molecule has 0 fully saturated rings. The van der Waals surface area contributed by atoms with Crippen molar-refractivity contribution in [3.8, 4) is 0 Å². The van der Waals surface area contributed by atoms with Crippen LogP contribution in [-0.2, 0) is 24.8 Å². The highest BCUT2D eigenvalue weighted by atomic mass is 19.1. The summed E-state index contributed by atoms with van der Waals surface area (Å²) in [7, 11) is 0. The molecule has 1 N–H and O–H groups in total. The largest absolute Gasteiger partial charge is 0.312 e. The van der Waals surface area contributed by atoms with Gasteiger partial charge in [-0.05, 0) is 47.1 Å². The molecule has 1 aliphatic heterocycles. The summed E-state index contributed by atoms with van der Waals surface area (Å²) < 4.78 is 14.3. The van der Waals surface area contributed by atoms with Gasteiger partial charge in [0.05, 0.1) is 0 Å². The highest BCUT2D eigenvalue weighted by Crippen LogP contribution is 2.33. The van der Waals surface area contributed by atoms with Crippen LogP contribution >= 0.6 is 0 Å². The van der Waals surface area contributed by atoms with E-state index in [0.717, 1.165) is 37.1 Å². The minimum Gasteiger partial charge on any atom is -0.312 e. The molecule has 0 amide bonds. The first-order valence-electron chi connectivity index (χ1n) is 6.49. The van der Waals surface area contributed by atoms with Gasteiger partial charge in [-0.2, -0.15) is 0 Å². The Morgan fingerprint density at radius 2 is 2.00 bits per heavy atom. The van der Waals surface area contributed by atoms with Crippen LogP contribution in [0, 0.1) is 5.82 Å². The number of aryl methyl sites for hydroxylation is 1. The molecule has 0 spiro atoms. The third-order valence-electron chi connectivity index (χ3n) is 3.60. The number of nitrogens with one attached hydrogen (secondary N) is 1. The van der Waals surface area contributed by atoms with Gasteiger partial charge in [-0.15, -0.1) is 0 Å². The zero-order valence-electron chi connectivity index (χ0n) is 11.3. The summed E-state index contributed by atoms with van der Waals surface area (Å²) in [6.45, 7) is 10.3. The van der Waals surface area contributed by atoms with Crippen LogP contribution in [0.4, 0.5) is 4.39 Å². The van der Waals surface area contributed by atoms with Gasteiger partial charge in [-0.25, -0.2) is 4.39 Å². The van der Waals surface area contributed by atoms with Gasteiger partial charge < -0.3 is 5.32 Å². The molecule has 0 saturated heterocycles. The van der Waals surface area contributed by atoms with E-state index in [1.54, 1.807) is 0 Å². The van der Waals surface area contributed by atoms with E-state index in [1.807, 2.05) is 6.92 Å². The molecule has 1 aromatic carbocycles. The van der Waals surface area contributed by atoms with Crippen molar-refractivity contribution in [2.24, 2.45) is 0 Å². The van der Waals surface area contributed by atoms with Crippen molar-refractivity contribution in [1.29, 1.82) is 0 Å². The number of hydrogen-bond donors (Lipinski definition) is 1. The molecule has 0 bridgehead atoms. The van der Waals surface area contributed by atoms with Gasteiger partial charge in [-0.1, -0.05) is 33.8 Å². The van der Waals surface area contributed by atoms with Gasteiger partial charge >= 0.3 is 0 Å². The zero-order chi connectivity index (χ0) is 12.6. The van der Waals surface area contributed by atoms with Crippen molar-refractivity contribution < 1.29 is 4.39 Å². The van der Waals surface area contributed by atoms with E-state index in [0.29, 0.717) is 0 Å². The predicted octanol–water partition coefficient (Wildman–Crippen LogP) is 3.33. The quantitative estimate of drug-likeness (QED) is 0.787. The fraction of sp³-hybridized carbons (Fsp3) is 0.600. The lowest BCUT2D eigenvalue weighted by molar-refractivity contribution is 0.527. The van der Waals surface area contributed by atoms with Gasteiger partial charge in [0.1, 0.15) is 5.82 Å². The lowest BCUT2D eigenvalue weighted by Gasteiger charge is -2.29. The van der Waals surface area contributed by atoms with E-state index in [4.69, 9.17) is 0 Å². The molecule has 0 radical (unpaired) electrons. The first-order valence-corrected chi connectivity index (χ1v) is 6.49. The molecule has 0 saturated carbocycles. The lowest BCUT2D eigenvalue weighted by atomic mass is 9.79. The molecule has 1 aliphatic rings. The highest BCUT2D eigenvalue weighted by Gasteiger charge is 2.25. The zero-order valence-corrected chi connectivity index (χ0v) is 11.3. The molecule has 2 heteroatoms. The average Bonchev–Trinajstić information content (AvgIpc) is 2.28. The Kier molecular flexibility index (Phi) is 3.26. The number of rotatable bonds is 1. The second-order valence-electron chi connectivity index (χ2n) is 5.88. The van der Waals surface area contributed by atoms with Crippen LogP contribution in [0.1, 0.15) is 49.9 Å². The lowest BCUT2D eigenvalue weighted by Crippen LogP contribution is -2.29. The van der Waals surface area contributed by atoms with Gasteiger partial charge in [-0.3, -0.25) is 0 Å². The highest BCUT2D eigenvalue weighted by molar-refractivity contribution is 5.45. The molecule has 0 atom stereocenters. The second kappa shape index (κ2) is 4.41. The molecule has 0 aromatic heterocycles. The third kappa shape index (κ3) is 2.23. The van der Waals surface area contributed by atoms with E-state index in [2.05, 4.69) is 32.2 Å². The Bertz CT molecular complexity index is 430. The summed E-state index contributed by atoms with van der Waals surface area (Å²) in [6, 6.07) is 2.07. The fourth-order valence-corrected chi connectivity index (χ4v) is 2.63. The van der Waals surface area contributed by atoms with Crippen molar-refractivity contribution >= 4 is 0 Å². The molecular formula is C15H22FN. The smallest absolute Gasteiger partial charge is 0.129 e. The molecule has 94 valence electrons. The maximum Gasteiger partial charge on any atom is 0.129 e. The van der Waals surface area contributed by atoms with Gasteiger partial charge in [0.15, 0.2) is 0 Å². The first kappa shape index (κ1) is 12.6. The SMILES string of the molecule is CCc1cc(C(C)(C)C)c2c(c1F)CCNC2. The number of halogens is 1. The Morgan fingerprint density at radius 1 is 1.29 bits per heavy atom. The molecule has 2 rings (SSSR count). The Morgan fingerprint density at radius 3 is 2.59 bits per heavy atom. The maximum atomic E-state index is 14.3. The van der Waals surface area contributed by atoms with Crippen LogP contribution in [0.3, 0.4) is 0 Å². The molecule has 0 unspecified atom stereocenters. The third-order valence-corrected chi connectivity index (χ3v) is 3.60. The van der Waals surface area contributed by atoms with Crippen LogP contribution in [0.2, 0.25) is 0 Å². The van der Waals surface area contributed by atoms with Gasteiger partial charge in [0.2, 0.25) is 0 Å². The molecule has 1 aromatic rings. The number of fused-ring (bicyclic) bond motifs is 1. The van der Waals surface area contributed by atoms with E-state index < -0.39 is 0 Å². The molecule has 17 heavy (non-hydrogen) atoms. The predicted molar refractivity (Wildman–Crippen MR) is 69.9 cm³/mol. The first-order chi connectivity index (χ1) is 7.95. The van der Waals surface area contributed by atoms with Crippen molar-refractivity contribution in [2.45, 2.75) is 52.5 Å². The normalized spacial score (nSPS) is 15.8. The molecule has 0 aliphatic carbocycles. The van der Waals surface area contributed by atoms with E-state index in [1.165, 1.54) is 11.1 Å². The monoisotopic (exact) mass is 235 g/mol. The summed E-state index contributed by atoms with van der Waals surface area (Å²) in [4.78, 5) is 0. The van der Waals surface area contributed by atoms with E-state index >= 15 is 0 Å². The fourth-order valence-electron chi connectivity index (χ4n) is 2.63. The van der Waals surface area contributed by atoms with Crippen LogP contribution in [0.15, 0.2) is 6.07 Å². The summed E-state index contributed by atoms with van der Waals surface area (Å²) in [5.74, 6) is 0.0389. The molecule has 1 heterocycles. The van der Waals surface area contributed by atoms with Crippen molar-refractivity contribution in [3.05, 3.63) is 34.1 Å². The average molecular weight is 235 g/mol. The van der Waals surface area contributed by atoms with Gasteiger partial charge in [0, 0.05) is 6.54 Å².